The molecule has 0 radical (unpaired) electrons. The second-order valence-corrected chi connectivity index (χ2v) is 7.71. The molecule has 1 heterocycles. The van der Waals surface area contributed by atoms with Gasteiger partial charge >= 0.3 is 5.97 Å². The van der Waals surface area contributed by atoms with Crippen LogP contribution in [0.15, 0.2) is 48.5 Å². The molecule has 0 aliphatic carbocycles. The molecule has 0 bridgehead atoms. The third kappa shape index (κ3) is 7.44. The third-order valence-electron chi connectivity index (χ3n) is 5.11. The van der Waals surface area contributed by atoms with E-state index in [0.29, 0.717) is 11.4 Å². The van der Waals surface area contributed by atoms with Gasteiger partial charge in [0.15, 0.2) is 6.61 Å². The van der Waals surface area contributed by atoms with Crippen LogP contribution < -0.4 is 15.5 Å². The van der Waals surface area contributed by atoms with E-state index >= 15 is 0 Å². The minimum atomic E-state index is -0.487. The Hall–Kier alpha value is -3.35. The van der Waals surface area contributed by atoms with Gasteiger partial charge in [-0.1, -0.05) is 25.0 Å². The van der Waals surface area contributed by atoms with Crippen molar-refractivity contribution in [3.63, 3.8) is 0 Å². The summed E-state index contributed by atoms with van der Waals surface area (Å²) in [5.74, 6) is -1.02. The monoisotopic (exact) mass is 423 g/mol. The number of nitrogens with zero attached hydrogens (tertiary/aromatic N) is 1. The summed E-state index contributed by atoms with van der Waals surface area (Å²) in [6.45, 7) is 3.23. The molecular weight excluding hydrogens is 394 g/mol. The van der Waals surface area contributed by atoms with Gasteiger partial charge in [-0.25, -0.2) is 0 Å². The van der Waals surface area contributed by atoms with Gasteiger partial charge < -0.3 is 20.3 Å². The summed E-state index contributed by atoms with van der Waals surface area (Å²) in [5, 5.41) is 5.42. The van der Waals surface area contributed by atoms with Crippen molar-refractivity contribution in [2.24, 2.45) is 0 Å². The number of rotatable bonds is 7. The molecule has 7 nitrogen and oxygen atoms in total. The highest BCUT2D eigenvalue weighted by Crippen LogP contribution is 2.21. The Morgan fingerprint density at radius 2 is 1.42 bits per heavy atom. The van der Waals surface area contributed by atoms with E-state index in [1.165, 1.54) is 32.6 Å². The van der Waals surface area contributed by atoms with Crippen LogP contribution in [0.4, 0.5) is 17.1 Å². The van der Waals surface area contributed by atoms with Gasteiger partial charge in [0.2, 0.25) is 5.91 Å². The maximum atomic E-state index is 12.1. The summed E-state index contributed by atoms with van der Waals surface area (Å²) in [6.07, 6.45) is 5.04. The van der Waals surface area contributed by atoms with Gasteiger partial charge in [-0.2, -0.15) is 0 Å². The Kier molecular flexibility index (Phi) is 8.04. The standard InChI is InChI=1S/C24H29N3O4/c1-18(28)25-20-8-6-19(7-9-20)16-24(30)31-17-23(29)26-21-10-12-22(13-11-21)27-14-4-2-3-5-15-27/h6-13H,2-5,14-17H2,1H3,(H,25,28)(H,26,29). The van der Waals surface area contributed by atoms with E-state index in [1.54, 1.807) is 24.3 Å². The van der Waals surface area contributed by atoms with Crippen molar-refractivity contribution >= 4 is 34.8 Å². The first-order valence-corrected chi connectivity index (χ1v) is 10.7. The average molecular weight is 424 g/mol. The number of carbonyl (C=O) groups is 3. The summed E-state index contributed by atoms with van der Waals surface area (Å²) >= 11 is 0. The van der Waals surface area contributed by atoms with Gasteiger partial charge in [-0.05, 0) is 54.8 Å². The van der Waals surface area contributed by atoms with Gasteiger partial charge in [0, 0.05) is 37.1 Å². The minimum Gasteiger partial charge on any atom is -0.455 e. The van der Waals surface area contributed by atoms with Gasteiger partial charge in [-0.15, -0.1) is 0 Å². The summed E-state index contributed by atoms with van der Waals surface area (Å²) in [6, 6.07) is 14.7. The van der Waals surface area contributed by atoms with Crippen molar-refractivity contribution in [3.05, 3.63) is 54.1 Å². The van der Waals surface area contributed by atoms with E-state index in [4.69, 9.17) is 4.74 Å². The Labute approximate surface area is 182 Å². The molecule has 0 atom stereocenters. The number of hydrogen-bond donors (Lipinski definition) is 2. The topological polar surface area (TPSA) is 87.7 Å². The third-order valence-corrected chi connectivity index (χ3v) is 5.11. The maximum absolute atomic E-state index is 12.1. The van der Waals surface area contributed by atoms with Crippen molar-refractivity contribution in [1.82, 2.24) is 0 Å². The van der Waals surface area contributed by atoms with Crippen molar-refractivity contribution in [3.8, 4) is 0 Å². The summed E-state index contributed by atoms with van der Waals surface area (Å²) < 4.78 is 5.08. The van der Waals surface area contributed by atoms with Gasteiger partial charge in [-0.3, -0.25) is 14.4 Å². The van der Waals surface area contributed by atoms with Crippen LogP contribution in [0.1, 0.15) is 38.2 Å². The molecule has 1 fully saturated rings. The number of carbonyl (C=O) groups excluding carboxylic acids is 3. The molecule has 2 amide bonds. The van der Waals surface area contributed by atoms with E-state index < -0.39 is 5.97 Å². The van der Waals surface area contributed by atoms with Crippen LogP contribution in [0.2, 0.25) is 0 Å². The zero-order chi connectivity index (χ0) is 22.1. The maximum Gasteiger partial charge on any atom is 0.310 e. The molecule has 3 rings (SSSR count). The Bertz CT molecular complexity index is 886. The van der Waals surface area contributed by atoms with Crippen LogP contribution in [0, 0.1) is 0 Å². The highest BCUT2D eigenvalue weighted by Gasteiger charge is 2.12. The number of ether oxygens (including phenoxy) is 1. The second-order valence-electron chi connectivity index (χ2n) is 7.71. The van der Waals surface area contributed by atoms with Gasteiger partial charge in [0.05, 0.1) is 6.42 Å². The predicted molar refractivity (Wildman–Crippen MR) is 121 cm³/mol. The summed E-state index contributed by atoms with van der Waals surface area (Å²) in [5.41, 5.74) is 3.23. The van der Waals surface area contributed by atoms with E-state index in [9.17, 15) is 14.4 Å². The molecule has 1 aliphatic heterocycles. The molecular formula is C24H29N3O4. The van der Waals surface area contributed by atoms with Crippen molar-refractivity contribution < 1.29 is 19.1 Å². The molecule has 0 unspecified atom stereocenters. The largest absolute Gasteiger partial charge is 0.455 e. The molecule has 0 spiro atoms. The quantitative estimate of drug-likeness (QED) is 0.663. The lowest BCUT2D eigenvalue weighted by Gasteiger charge is -2.22. The van der Waals surface area contributed by atoms with Crippen LogP contribution in [-0.2, 0) is 25.5 Å². The summed E-state index contributed by atoms with van der Waals surface area (Å²) in [4.78, 5) is 37.5. The van der Waals surface area contributed by atoms with Crippen LogP contribution in [0.3, 0.4) is 0 Å². The molecule has 0 saturated carbocycles. The number of esters is 1. The zero-order valence-electron chi connectivity index (χ0n) is 17.9. The molecule has 1 saturated heterocycles. The number of benzene rings is 2. The molecule has 1 aliphatic rings. The Balaban J connectivity index is 1.42. The minimum absolute atomic E-state index is 0.0537. The molecule has 2 aromatic rings. The van der Waals surface area contributed by atoms with Crippen molar-refractivity contribution in [1.29, 1.82) is 0 Å². The van der Waals surface area contributed by atoms with Crippen LogP contribution in [0.25, 0.3) is 0 Å². The normalized spacial score (nSPS) is 13.8. The van der Waals surface area contributed by atoms with Gasteiger partial charge in [0.1, 0.15) is 0 Å². The highest BCUT2D eigenvalue weighted by molar-refractivity contribution is 5.93. The fourth-order valence-corrected chi connectivity index (χ4v) is 3.55. The number of anilines is 3. The number of hydrogen-bond acceptors (Lipinski definition) is 5. The summed E-state index contributed by atoms with van der Waals surface area (Å²) in [7, 11) is 0. The SMILES string of the molecule is CC(=O)Nc1ccc(CC(=O)OCC(=O)Nc2ccc(N3CCCCCC3)cc2)cc1. The average Bonchev–Trinajstić information content (AvgIpc) is 3.03. The molecule has 0 aromatic heterocycles. The lowest BCUT2D eigenvalue weighted by Crippen LogP contribution is -2.24. The molecule has 2 aromatic carbocycles. The fourth-order valence-electron chi connectivity index (χ4n) is 3.55. The Morgan fingerprint density at radius 3 is 2.03 bits per heavy atom. The number of nitrogens with one attached hydrogen (secondary N) is 2. The fraction of sp³-hybridized carbons (Fsp3) is 0.375. The molecule has 31 heavy (non-hydrogen) atoms. The first kappa shape index (κ1) is 22.3. The molecule has 2 N–H and O–H groups in total. The van der Waals surface area contributed by atoms with Crippen molar-refractivity contribution in [2.45, 2.75) is 39.0 Å². The lowest BCUT2D eigenvalue weighted by atomic mass is 10.1. The van der Waals surface area contributed by atoms with E-state index in [0.717, 1.165) is 24.3 Å². The zero-order valence-corrected chi connectivity index (χ0v) is 17.9. The first-order valence-electron chi connectivity index (χ1n) is 10.7. The lowest BCUT2D eigenvalue weighted by molar-refractivity contribution is -0.146. The van der Waals surface area contributed by atoms with Crippen LogP contribution in [0.5, 0.6) is 0 Å². The highest BCUT2D eigenvalue weighted by atomic mass is 16.5. The molecule has 7 heteroatoms. The first-order chi connectivity index (χ1) is 15.0. The second kappa shape index (κ2) is 11.2. The smallest absolute Gasteiger partial charge is 0.310 e. The van der Waals surface area contributed by atoms with Crippen LogP contribution >= 0.6 is 0 Å². The van der Waals surface area contributed by atoms with Crippen LogP contribution in [-0.4, -0.2) is 37.5 Å². The van der Waals surface area contributed by atoms with Gasteiger partial charge in [0.25, 0.3) is 5.91 Å². The van der Waals surface area contributed by atoms with E-state index in [1.807, 2.05) is 24.3 Å². The molecule has 164 valence electrons. The number of amides is 2. The van der Waals surface area contributed by atoms with E-state index in [2.05, 4.69) is 15.5 Å². The predicted octanol–water partition coefficient (Wildman–Crippen LogP) is 3.75. The van der Waals surface area contributed by atoms with Crippen molar-refractivity contribution in [2.75, 3.05) is 35.2 Å². The Morgan fingerprint density at radius 1 is 0.839 bits per heavy atom. The van der Waals surface area contributed by atoms with E-state index in [-0.39, 0.29) is 24.8 Å².